The van der Waals surface area contributed by atoms with E-state index in [-0.39, 0.29) is 19.8 Å². The molecule has 0 heterocycles. The Kier molecular flexibility index (Phi) is 5.71. The van der Waals surface area contributed by atoms with Gasteiger partial charge in [-0.2, -0.15) is 0 Å². The van der Waals surface area contributed by atoms with Crippen LogP contribution in [0.25, 0.3) is 32.7 Å². The third-order valence-electron chi connectivity index (χ3n) is 4.48. The normalized spacial score (nSPS) is 13.7. The molecule has 0 spiro atoms. The first kappa shape index (κ1) is 20.1. The fraction of sp³-hybridized carbons (Fsp3) is 0. The van der Waals surface area contributed by atoms with E-state index in [0.29, 0.717) is 11.1 Å². The molecule has 0 bridgehead atoms. The molecule has 0 N–H and O–H groups in total. The van der Waals surface area contributed by atoms with Gasteiger partial charge in [0.2, 0.25) is 0 Å². The Morgan fingerprint density at radius 3 is 1.32 bits per heavy atom. The Labute approximate surface area is 185 Å². The van der Waals surface area contributed by atoms with E-state index in [1.807, 2.05) is 48.5 Å². The highest BCUT2D eigenvalue weighted by Crippen LogP contribution is 2.46. The molecule has 142 valence electrons. The van der Waals surface area contributed by atoms with E-state index in [0.717, 1.165) is 21.5 Å². The quantitative estimate of drug-likeness (QED) is 0.280. The average molecular weight is 488 g/mol. The number of hydrogen-bond donors (Lipinski definition) is 0. The van der Waals surface area contributed by atoms with Crippen LogP contribution in [0.4, 0.5) is 0 Å². The van der Waals surface area contributed by atoms with E-state index >= 15 is 0 Å². The maximum absolute atomic E-state index is 12.5. The first-order valence-corrected chi connectivity index (χ1v) is 12.7. The molecule has 4 aromatic rings. The number of halogens is 4. The van der Waals surface area contributed by atoms with Gasteiger partial charge in [-0.1, -0.05) is 71.7 Å². The van der Waals surface area contributed by atoms with Crippen LogP contribution < -0.4 is 0 Å². The summed E-state index contributed by atoms with van der Waals surface area (Å²) >= 11 is 12.9. The topological polar surface area (TPSA) is 34.1 Å². The van der Waals surface area contributed by atoms with Crippen molar-refractivity contribution in [3.05, 3.63) is 70.7 Å². The second-order valence-electron chi connectivity index (χ2n) is 6.01. The van der Waals surface area contributed by atoms with Crippen molar-refractivity contribution in [3.8, 4) is 11.1 Å². The molecule has 0 aliphatic carbocycles. The molecular weight excluding hydrogens is 478 g/mol. The lowest BCUT2D eigenvalue weighted by atomic mass is 9.93. The summed E-state index contributed by atoms with van der Waals surface area (Å²) in [6.45, 7) is 0. The largest absolute Gasteiger partial charge is 0.237 e. The predicted octanol–water partition coefficient (Wildman–Crippen LogP) is 7.49. The summed E-state index contributed by atoms with van der Waals surface area (Å²) in [4.78, 5) is 0.468. The van der Waals surface area contributed by atoms with Gasteiger partial charge in [0.25, 0.3) is 0 Å². The number of benzene rings is 4. The van der Waals surface area contributed by atoms with Crippen LogP contribution in [-0.4, -0.2) is 8.42 Å². The van der Waals surface area contributed by atoms with E-state index < -0.39 is 20.0 Å². The van der Waals surface area contributed by atoms with Gasteiger partial charge in [0.1, 0.15) is 20.0 Å². The third-order valence-corrected chi connectivity index (χ3v) is 7.72. The summed E-state index contributed by atoms with van der Waals surface area (Å²) in [5.74, 6) is 0. The zero-order chi connectivity index (χ0) is 20.0. The van der Waals surface area contributed by atoms with Crippen molar-refractivity contribution in [2.45, 2.75) is 9.79 Å². The highest BCUT2D eigenvalue weighted by atomic mass is 35.7. The van der Waals surface area contributed by atoms with Gasteiger partial charge in [0, 0.05) is 11.1 Å². The first-order chi connectivity index (χ1) is 13.4. The molecule has 0 radical (unpaired) electrons. The van der Waals surface area contributed by atoms with Gasteiger partial charge < -0.3 is 0 Å². The minimum absolute atomic E-state index is 0.234. The molecule has 28 heavy (non-hydrogen) atoms. The zero-order valence-corrected chi connectivity index (χ0v) is 18.6. The smallest absolute Gasteiger partial charge is 0.149 e. The predicted molar refractivity (Wildman–Crippen MR) is 121 cm³/mol. The van der Waals surface area contributed by atoms with Crippen LogP contribution in [0.1, 0.15) is 0 Å². The molecule has 0 aromatic heterocycles. The summed E-state index contributed by atoms with van der Waals surface area (Å²) in [5, 5.41) is 3.65. The van der Waals surface area contributed by atoms with E-state index in [4.69, 9.17) is 44.6 Å². The molecule has 2 unspecified atom stereocenters. The van der Waals surface area contributed by atoms with Gasteiger partial charge in [-0.25, -0.2) is 8.42 Å². The SMILES string of the molecule is O=S(Cl)c1c(Cl)cc2ccccc2c1-c1c(S(=O)Cl)c(Cl)cc2ccccc12. The van der Waals surface area contributed by atoms with Gasteiger partial charge in [0.15, 0.2) is 0 Å². The van der Waals surface area contributed by atoms with Crippen molar-refractivity contribution in [2.24, 2.45) is 0 Å². The number of hydrogen-bond acceptors (Lipinski definition) is 2. The molecule has 0 saturated heterocycles. The van der Waals surface area contributed by atoms with E-state index in [1.54, 1.807) is 12.1 Å². The lowest BCUT2D eigenvalue weighted by molar-refractivity contribution is 0.690. The Hall–Kier alpha value is -1.14. The molecule has 0 saturated carbocycles. The molecule has 0 aliphatic heterocycles. The highest BCUT2D eigenvalue weighted by molar-refractivity contribution is 8.09. The van der Waals surface area contributed by atoms with E-state index in [1.165, 1.54) is 0 Å². The van der Waals surface area contributed by atoms with Crippen molar-refractivity contribution < 1.29 is 8.42 Å². The standard InChI is InChI=1S/C20H10Cl4O2S2/c21-15-9-11-5-1-3-7-13(11)17(19(15)27(23)25)18-14-8-4-2-6-12(14)10-16(22)20(18)28(24)26/h1-10H. The molecule has 0 amide bonds. The molecule has 2 nitrogen and oxygen atoms in total. The minimum atomic E-state index is -1.92. The summed E-state index contributed by atoms with van der Waals surface area (Å²) in [7, 11) is 8.22. The molecule has 0 fully saturated rings. The van der Waals surface area contributed by atoms with Gasteiger partial charge >= 0.3 is 0 Å². The van der Waals surface area contributed by atoms with Crippen molar-refractivity contribution in [1.29, 1.82) is 0 Å². The summed E-state index contributed by atoms with van der Waals surface area (Å²) < 4.78 is 24.9. The lowest BCUT2D eigenvalue weighted by Crippen LogP contribution is -1.98. The number of fused-ring (bicyclic) bond motifs is 2. The van der Waals surface area contributed by atoms with Crippen molar-refractivity contribution in [1.82, 2.24) is 0 Å². The van der Waals surface area contributed by atoms with Crippen LogP contribution >= 0.6 is 44.6 Å². The maximum atomic E-state index is 12.5. The maximum Gasteiger partial charge on any atom is 0.149 e. The molecule has 0 aliphatic rings. The average Bonchev–Trinajstić information content (AvgIpc) is 2.65. The Balaban J connectivity index is 2.34. The van der Waals surface area contributed by atoms with Crippen molar-refractivity contribution in [3.63, 3.8) is 0 Å². The van der Waals surface area contributed by atoms with Crippen LogP contribution in [0.2, 0.25) is 10.0 Å². The van der Waals surface area contributed by atoms with Crippen LogP contribution in [0.3, 0.4) is 0 Å². The monoisotopic (exact) mass is 486 g/mol. The van der Waals surface area contributed by atoms with Gasteiger partial charge in [-0.3, -0.25) is 0 Å². The van der Waals surface area contributed by atoms with Crippen molar-refractivity contribution in [2.75, 3.05) is 0 Å². The fourth-order valence-electron chi connectivity index (χ4n) is 3.40. The zero-order valence-electron chi connectivity index (χ0n) is 13.9. The Morgan fingerprint density at radius 2 is 0.964 bits per heavy atom. The molecule has 8 heteroatoms. The van der Waals surface area contributed by atoms with Crippen LogP contribution in [0.5, 0.6) is 0 Å². The highest BCUT2D eigenvalue weighted by Gasteiger charge is 2.25. The van der Waals surface area contributed by atoms with E-state index in [9.17, 15) is 8.42 Å². The van der Waals surface area contributed by atoms with Gasteiger partial charge in [-0.15, -0.1) is 0 Å². The van der Waals surface area contributed by atoms with Gasteiger partial charge in [0.05, 0.1) is 19.8 Å². The molecular formula is C20H10Cl4O2S2. The molecule has 4 rings (SSSR count). The fourth-order valence-corrected chi connectivity index (χ4v) is 6.61. The second kappa shape index (κ2) is 7.94. The molecule has 4 aromatic carbocycles. The van der Waals surface area contributed by atoms with Gasteiger partial charge in [-0.05, 0) is 55.0 Å². The number of rotatable bonds is 3. The summed E-state index contributed by atoms with van der Waals surface area (Å²) in [5.41, 5.74) is 1.03. The summed E-state index contributed by atoms with van der Waals surface area (Å²) in [6.07, 6.45) is 0. The van der Waals surface area contributed by atoms with Crippen molar-refractivity contribution >= 4 is 86.1 Å². The Morgan fingerprint density at radius 1 is 0.607 bits per heavy atom. The second-order valence-corrected chi connectivity index (χ2v) is 10.2. The third kappa shape index (κ3) is 3.36. The summed E-state index contributed by atoms with van der Waals surface area (Å²) in [6, 6.07) is 18.4. The minimum Gasteiger partial charge on any atom is -0.237 e. The first-order valence-electron chi connectivity index (χ1n) is 7.99. The lowest BCUT2D eigenvalue weighted by Gasteiger charge is -2.18. The van der Waals surface area contributed by atoms with Crippen LogP contribution in [0, 0.1) is 0 Å². The van der Waals surface area contributed by atoms with E-state index in [2.05, 4.69) is 0 Å². The molecule has 2 atom stereocenters. The Bertz CT molecular complexity index is 1200. The van der Waals surface area contributed by atoms with Crippen LogP contribution in [0.15, 0.2) is 70.5 Å². The van der Waals surface area contributed by atoms with Crippen LogP contribution in [-0.2, 0) is 20.0 Å².